The van der Waals surface area contributed by atoms with Gasteiger partial charge in [0.1, 0.15) is 4.99 Å². The maximum atomic E-state index is 11.0. The van der Waals surface area contributed by atoms with E-state index in [1.165, 1.54) is 7.11 Å². The number of rotatable bonds is 2. The first-order valence-electron chi connectivity index (χ1n) is 3.99. The van der Waals surface area contributed by atoms with Crippen molar-refractivity contribution >= 4 is 44.9 Å². The Morgan fingerprint density at radius 1 is 1.60 bits per heavy atom. The molecule has 0 heterocycles. The van der Waals surface area contributed by atoms with Crippen LogP contribution in [0.4, 0.5) is 10.5 Å². The van der Waals surface area contributed by atoms with Crippen LogP contribution in [0.2, 0.25) is 0 Å². The van der Waals surface area contributed by atoms with Gasteiger partial charge in [0, 0.05) is 10.0 Å². The number of nitrogens with two attached hydrogens (primary N) is 1. The SMILES string of the molecule is COC(=O)Nc1cc(Br)ccc1C(N)=S. The molecule has 1 aromatic carbocycles. The standard InChI is InChI=1S/C9H9BrN2O2S/c1-14-9(13)12-7-4-5(10)2-3-6(7)8(11)15/h2-4H,1H3,(H2,11,15)(H,12,13). The summed E-state index contributed by atoms with van der Waals surface area (Å²) in [6.07, 6.45) is -0.564. The number of thiocarbonyl (C=S) groups is 1. The molecule has 0 spiro atoms. The highest BCUT2D eigenvalue weighted by Gasteiger charge is 2.08. The average Bonchev–Trinajstić information content (AvgIpc) is 2.17. The van der Waals surface area contributed by atoms with Crippen molar-refractivity contribution in [3.63, 3.8) is 0 Å². The van der Waals surface area contributed by atoms with Crippen molar-refractivity contribution in [2.75, 3.05) is 12.4 Å². The molecule has 0 fully saturated rings. The normalized spacial score (nSPS) is 9.47. The highest BCUT2D eigenvalue weighted by Crippen LogP contribution is 2.21. The molecular formula is C9H9BrN2O2S. The monoisotopic (exact) mass is 288 g/mol. The largest absolute Gasteiger partial charge is 0.453 e. The molecule has 0 bridgehead atoms. The zero-order valence-corrected chi connectivity index (χ0v) is 10.3. The Labute approximate surface area is 101 Å². The van der Waals surface area contributed by atoms with Gasteiger partial charge in [-0.1, -0.05) is 28.1 Å². The topological polar surface area (TPSA) is 64.3 Å². The molecule has 4 nitrogen and oxygen atoms in total. The molecule has 0 aliphatic rings. The third-order valence-corrected chi connectivity index (χ3v) is 2.38. The van der Waals surface area contributed by atoms with Crippen LogP contribution in [0.3, 0.4) is 0 Å². The Bertz CT molecular complexity index is 409. The molecule has 0 aliphatic carbocycles. The summed E-state index contributed by atoms with van der Waals surface area (Å²) < 4.78 is 5.29. The molecule has 0 radical (unpaired) electrons. The maximum Gasteiger partial charge on any atom is 0.411 e. The second-order valence-corrected chi connectivity index (χ2v) is 4.03. The van der Waals surface area contributed by atoms with Crippen LogP contribution in [-0.2, 0) is 4.74 Å². The first-order valence-corrected chi connectivity index (χ1v) is 5.19. The summed E-state index contributed by atoms with van der Waals surface area (Å²) in [6, 6.07) is 5.21. The van der Waals surface area contributed by atoms with Crippen molar-refractivity contribution in [1.82, 2.24) is 0 Å². The third kappa shape index (κ3) is 3.17. The second-order valence-electron chi connectivity index (χ2n) is 2.67. The lowest BCUT2D eigenvalue weighted by Gasteiger charge is -2.09. The molecule has 0 atom stereocenters. The number of hydrogen-bond donors (Lipinski definition) is 2. The van der Waals surface area contributed by atoms with Crippen LogP contribution < -0.4 is 11.1 Å². The molecule has 80 valence electrons. The van der Waals surface area contributed by atoms with Crippen LogP contribution in [0, 0.1) is 0 Å². The lowest BCUT2D eigenvalue weighted by atomic mass is 10.2. The van der Waals surface area contributed by atoms with Crippen LogP contribution >= 0.6 is 28.1 Å². The van der Waals surface area contributed by atoms with Gasteiger partial charge < -0.3 is 10.5 Å². The van der Waals surface area contributed by atoms with Crippen molar-refractivity contribution in [1.29, 1.82) is 0 Å². The highest BCUT2D eigenvalue weighted by molar-refractivity contribution is 9.10. The van der Waals surface area contributed by atoms with Crippen LogP contribution in [-0.4, -0.2) is 18.2 Å². The van der Waals surface area contributed by atoms with Crippen molar-refractivity contribution < 1.29 is 9.53 Å². The Kier molecular flexibility index (Phi) is 4.05. The molecule has 0 saturated heterocycles. The summed E-state index contributed by atoms with van der Waals surface area (Å²) in [6.45, 7) is 0. The van der Waals surface area contributed by atoms with Gasteiger partial charge in [0.05, 0.1) is 12.8 Å². The first kappa shape index (κ1) is 11.9. The van der Waals surface area contributed by atoms with Gasteiger partial charge in [0.25, 0.3) is 0 Å². The number of benzene rings is 1. The van der Waals surface area contributed by atoms with Crippen molar-refractivity contribution in [3.05, 3.63) is 28.2 Å². The van der Waals surface area contributed by atoms with E-state index < -0.39 is 6.09 Å². The Hall–Kier alpha value is -1.14. The van der Waals surface area contributed by atoms with Crippen LogP contribution in [0.15, 0.2) is 22.7 Å². The lowest BCUT2D eigenvalue weighted by Crippen LogP contribution is -2.17. The van der Waals surface area contributed by atoms with E-state index in [2.05, 4.69) is 26.0 Å². The van der Waals surface area contributed by atoms with E-state index in [0.29, 0.717) is 11.3 Å². The summed E-state index contributed by atoms with van der Waals surface area (Å²) >= 11 is 8.13. The van der Waals surface area contributed by atoms with E-state index >= 15 is 0 Å². The number of halogens is 1. The maximum absolute atomic E-state index is 11.0. The van der Waals surface area contributed by atoms with Crippen molar-refractivity contribution in [2.45, 2.75) is 0 Å². The molecule has 0 aromatic heterocycles. The van der Waals surface area contributed by atoms with Crippen LogP contribution in [0.25, 0.3) is 0 Å². The number of anilines is 1. The Morgan fingerprint density at radius 2 is 2.27 bits per heavy atom. The predicted octanol–water partition coefficient (Wildman–Crippen LogP) is 2.26. The van der Waals surface area contributed by atoms with E-state index in [4.69, 9.17) is 18.0 Å². The van der Waals surface area contributed by atoms with E-state index in [0.717, 1.165) is 4.47 Å². The number of nitrogens with one attached hydrogen (secondary N) is 1. The zero-order valence-electron chi connectivity index (χ0n) is 7.91. The fraction of sp³-hybridized carbons (Fsp3) is 0.111. The highest BCUT2D eigenvalue weighted by atomic mass is 79.9. The summed E-state index contributed by atoms with van der Waals surface area (Å²) in [5, 5.41) is 2.52. The number of methoxy groups -OCH3 is 1. The van der Waals surface area contributed by atoms with Gasteiger partial charge in [-0.2, -0.15) is 0 Å². The zero-order chi connectivity index (χ0) is 11.4. The predicted molar refractivity (Wildman–Crippen MR) is 66.1 cm³/mol. The Morgan fingerprint density at radius 3 is 2.80 bits per heavy atom. The van der Waals surface area contributed by atoms with Gasteiger partial charge in [-0.05, 0) is 18.2 Å². The molecule has 1 aromatic rings. The number of carbonyl (C=O) groups excluding carboxylic acids is 1. The van der Waals surface area contributed by atoms with Gasteiger partial charge in [0.2, 0.25) is 0 Å². The quantitative estimate of drug-likeness (QED) is 0.820. The van der Waals surface area contributed by atoms with Crippen LogP contribution in [0.1, 0.15) is 5.56 Å². The summed E-state index contributed by atoms with van der Waals surface area (Å²) in [4.78, 5) is 11.3. The second kappa shape index (κ2) is 5.09. The molecule has 6 heteroatoms. The number of carbonyl (C=O) groups is 1. The van der Waals surface area contributed by atoms with E-state index in [1.54, 1.807) is 18.2 Å². The first-order chi connectivity index (χ1) is 7.04. The number of hydrogen-bond acceptors (Lipinski definition) is 3. The minimum atomic E-state index is -0.564. The van der Waals surface area contributed by atoms with Gasteiger partial charge in [-0.3, -0.25) is 5.32 Å². The van der Waals surface area contributed by atoms with E-state index in [-0.39, 0.29) is 4.99 Å². The summed E-state index contributed by atoms with van der Waals surface area (Å²) in [5.74, 6) is 0. The molecule has 0 aliphatic heterocycles. The van der Waals surface area contributed by atoms with Crippen LogP contribution in [0.5, 0.6) is 0 Å². The van der Waals surface area contributed by atoms with Gasteiger partial charge in [-0.15, -0.1) is 0 Å². The minimum Gasteiger partial charge on any atom is -0.453 e. The fourth-order valence-electron chi connectivity index (χ4n) is 0.996. The molecule has 0 saturated carbocycles. The molecule has 1 rings (SSSR count). The molecule has 1 amide bonds. The van der Waals surface area contributed by atoms with E-state index in [1.807, 2.05) is 0 Å². The Balaban J connectivity index is 3.07. The fourth-order valence-corrected chi connectivity index (χ4v) is 1.53. The smallest absolute Gasteiger partial charge is 0.411 e. The third-order valence-electron chi connectivity index (χ3n) is 1.67. The van der Waals surface area contributed by atoms with E-state index in [9.17, 15) is 4.79 Å². The molecular weight excluding hydrogens is 280 g/mol. The summed E-state index contributed by atoms with van der Waals surface area (Å²) in [7, 11) is 1.29. The number of ether oxygens (including phenoxy) is 1. The van der Waals surface area contributed by atoms with Crippen molar-refractivity contribution in [3.8, 4) is 0 Å². The molecule has 15 heavy (non-hydrogen) atoms. The van der Waals surface area contributed by atoms with Crippen molar-refractivity contribution in [2.24, 2.45) is 5.73 Å². The lowest BCUT2D eigenvalue weighted by molar-refractivity contribution is 0.187. The van der Waals surface area contributed by atoms with Gasteiger partial charge in [0.15, 0.2) is 0 Å². The molecule has 0 unspecified atom stereocenters. The summed E-state index contributed by atoms with van der Waals surface area (Å²) in [5.41, 5.74) is 6.62. The van der Waals surface area contributed by atoms with Gasteiger partial charge in [-0.25, -0.2) is 4.79 Å². The van der Waals surface area contributed by atoms with Gasteiger partial charge >= 0.3 is 6.09 Å². The average molecular weight is 289 g/mol. The number of amides is 1. The minimum absolute atomic E-state index is 0.217. The molecule has 3 N–H and O–H groups in total.